The minimum absolute atomic E-state index is 0.0191. The lowest BCUT2D eigenvalue weighted by atomic mass is 9.50. The molecule has 2 aromatic heterocycles. The van der Waals surface area contributed by atoms with Crippen LogP contribution >= 0.6 is 0 Å². The van der Waals surface area contributed by atoms with E-state index in [1.807, 2.05) is 17.1 Å². The fraction of sp³-hybridized carbons (Fsp3) is 0.684. The lowest BCUT2D eigenvalue weighted by molar-refractivity contribution is -0.0744. The normalized spacial score (nSPS) is 36.6. The van der Waals surface area contributed by atoms with E-state index in [-0.39, 0.29) is 17.0 Å². The van der Waals surface area contributed by atoms with Gasteiger partial charge in [-0.1, -0.05) is 0 Å². The van der Waals surface area contributed by atoms with Crippen LogP contribution in [-0.4, -0.2) is 42.5 Å². The van der Waals surface area contributed by atoms with Gasteiger partial charge in [-0.25, -0.2) is 9.67 Å². The number of aromatic nitrogens is 5. The van der Waals surface area contributed by atoms with E-state index in [4.69, 9.17) is 0 Å². The monoisotopic (exact) mass is 367 g/mol. The van der Waals surface area contributed by atoms with E-state index in [2.05, 4.69) is 30.5 Å². The minimum atomic E-state index is -0.129. The van der Waals surface area contributed by atoms with Gasteiger partial charge in [0.2, 0.25) is 0 Å². The molecule has 2 atom stereocenters. The standard InChI is InChI=1S/C19H25N7O/c27-17(16-4-15-9-20-1-2-25(15)24-16)23-18-5-13-3-14(6-18)8-19(7-13,10-18)26-12-21-11-22-26/h4,11-14,20H,1-3,5-10H2,(H,23,27)/t13-,14-,18?,19?/m1/s1. The van der Waals surface area contributed by atoms with E-state index >= 15 is 0 Å². The number of fused-ring (bicyclic) bond motifs is 1. The molecular formula is C19H25N7O. The number of carbonyl (C=O) groups excluding carboxylic acids is 1. The zero-order valence-corrected chi connectivity index (χ0v) is 15.4. The highest BCUT2D eigenvalue weighted by molar-refractivity contribution is 5.93. The van der Waals surface area contributed by atoms with Gasteiger partial charge in [0.15, 0.2) is 5.69 Å². The first-order valence-electron chi connectivity index (χ1n) is 10.1. The summed E-state index contributed by atoms with van der Waals surface area (Å²) in [6.07, 6.45) is 10.2. The van der Waals surface area contributed by atoms with Crippen LogP contribution in [0.15, 0.2) is 18.7 Å². The van der Waals surface area contributed by atoms with Crippen LogP contribution in [0.25, 0.3) is 0 Å². The summed E-state index contributed by atoms with van der Waals surface area (Å²) in [5.41, 5.74) is 1.54. The molecule has 27 heavy (non-hydrogen) atoms. The third kappa shape index (κ3) is 2.38. The molecule has 8 nitrogen and oxygen atoms in total. The Morgan fingerprint density at radius 2 is 2.11 bits per heavy atom. The van der Waals surface area contributed by atoms with E-state index in [0.29, 0.717) is 17.5 Å². The molecule has 4 bridgehead atoms. The highest BCUT2D eigenvalue weighted by atomic mass is 16.2. The Morgan fingerprint density at radius 3 is 2.85 bits per heavy atom. The molecule has 4 saturated carbocycles. The van der Waals surface area contributed by atoms with Crippen LogP contribution in [0.1, 0.15) is 54.7 Å². The number of nitrogens with one attached hydrogen (secondary N) is 2. The third-order valence-electron chi connectivity index (χ3n) is 7.22. The molecule has 4 aliphatic carbocycles. The quantitative estimate of drug-likeness (QED) is 0.847. The predicted octanol–water partition coefficient (Wildman–Crippen LogP) is 1.06. The molecular weight excluding hydrogens is 342 g/mol. The van der Waals surface area contributed by atoms with Gasteiger partial charge in [-0.3, -0.25) is 9.48 Å². The number of hydrogen-bond acceptors (Lipinski definition) is 5. The fourth-order valence-corrected chi connectivity index (χ4v) is 6.69. The van der Waals surface area contributed by atoms with Crippen molar-refractivity contribution in [3.8, 4) is 0 Å². The molecule has 1 aliphatic heterocycles. The van der Waals surface area contributed by atoms with E-state index in [9.17, 15) is 4.79 Å². The Balaban J connectivity index is 1.29. The maximum absolute atomic E-state index is 13.1. The van der Waals surface area contributed by atoms with Crippen LogP contribution in [0.2, 0.25) is 0 Å². The van der Waals surface area contributed by atoms with Crippen LogP contribution in [0, 0.1) is 11.8 Å². The maximum Gasteiger partial charge on any atom is 0.272 e. The van der Waals surface area contributed by atoms with Crippen molar-refractivity contribution in [2.24, 2.45) is 11.8 Å². The molecule has 142 valence electrons. The van der Waals surface area contributed by atoms with E-state index in [1.54, 1.807) is 6.33 Å². The Labute approximate surface area is 157 Å². The summed E-state index contributed by atoms with van der Waals surface area (Å²) < 4.78 is 4.04. The second-order valence-corrected chi connectivity index (χ2v) is 9.18. The summed E-state index contributed by atoms with van der Waals surface area (Å²) in [6, 6.07) is 1.94. The zero-order chi connectivity index (χ0) is 18.1. The number of hydrogen-bond donors (Lipinski definition) is 2. The molecule has 0 radical (unpaired) electrons. The van der Waals surface area contributed by atoms with Crippen LogP contribution in [0.3, 0.4) is 0 Å². The van der Waals surface area contributed by atoms with Gasteiger partial charge >= 0.3 is 0 Å². The van der Waals surface area contributed by atoms with Crippen molar-refractivity contribution in [1.82, 2.24) is 35.2 Å². The molecule has 4 fully saturated rings. The van der Waals surface area contributed by atoms with Crippen molar-refractivity contribution in [3.05, 3.63) is 30.1 Å². The van der Waals surface area contributed by atoms with Crippen molar-refractivity contribution in [2.45, 2.75) is 62.7 Å². The molecule has 0 saturated heterocycles. The smallest absolute Gasteiger partial charge is 0.272 e. The van der Waals surface area contributed by atoms with Crippen LogP contribution in [0.4, 0.5) is 0 Å². The first-order chi connectivity index (χ1) is 13.1. The van der Waals surface area contributed by atoms with E-state index in [1.165, 1.54) is 6.42 Å². The highest BCUT2D eigenvalue weighted by Crippen LogP contribution is 2.60. The first kappa shape index (κ1) is 15.8. The number of rotatable bonds is 3. The van der Waals surface area contributed by atoms with Gasteiger partial charge in [0, 0.05) is 18.6 Å². The molecule has 5 aliphatic rings. The Kier molecular flexibility index (Phi) is 3.16. The second-order valence-electron chi connectivity index (χ2n) is 9.18. The van der Waals surface area contributed by atoms with Crippen molar-refractivity contribution >= 4 is 5.91 Å². The molecule has 0 aromatic carbocycles. The molecule has 0 unspecified atom stereocenters. The summed E-state index contributed by atoms with van der Waals surface area (Å²) >= 11 is 0. The lowest BCUT2D eigenvalue weighted by Crippen LogP contribution is -2.66. The van der Waals surface area contributed by atoms with Gasteiger partial charge in [0.05, 0.1) is 17.8 Å². The number of carbonyl (C=O) groups is 1. The zero-order valence-electron chi connectivity index (χ0n) is 15.4. The molecule has 2 N–H and O–H groups in total. The minimum Gasteiger partial charge on any atom is -0.345 e. The average Bonchev–Trinajstić information content (AvgIpc) is 3.30. The summed E-state index contributed by atoms with van der Waals surface area (Å²) in [5, 5.41) is 15.8. The molecule has 3 heterocycles. The fourth-order valence-electron chi connectivity index (χ4n) is 6.69. The van der Waals surface area contributed by atoms with Crippen molar-refractivity contribution in [1.29, 1.82) is 0 Å². The second kappa shape index (κ2) is 5.41. The van der Waals surface area contributed by atoms with Gasteiger partial charge in [-0.15, -0.1) is 0 Å². The predicted molar refractivity (Wildman–Crippen MR) is 96.8 cm³/mol. The summed E-state index contributed by atoms with van der Waals surface area (Å²) in [6.45, 7) is 2.52. The first-order valence-corrected chi connectivity index (χ1v) is 10.1. The number of nitrogens with zero attached hydrogens (tertiary/aromatic N) is 5. The van der Waals surface area contributed by atoms with Gasteiger partial charge in [0.1, 0.15) is 12.7 Å². The Morgan fingerprint density at radius 1 is 1.26 bits per heavy atom. The van der Waals surface area contributed by atoms with Gasteiger partial charge in [-0.05, 0) is 56.4 Å². The SMILES string of the molecule is O=C(NC12C[C@H]3C[C@H](C1)CC(n1cncn1)(C3)C2)c1cc2n(n1)CCNC2. The molecule has 1 amide bonds. The van der Waals surface area contributed by atoms with Crippen LogP contribution < -0.4 is 10.6 Å². The topological polar surface area (TPSA) is 89.7 Å². The van der Waals surface area contributed by atoms with Gasteiger partial charge in [0.25, 0.3) is 5.91 Å². The largest absolute Gasteiger partial charge is 0.345 e. The number of amides is 1. The van der Waals surface area contributed by atoms with Gasteiger partial charge < -0.3 is 10.6 Å². The Bertz CT molecular complexity index is 849. The average molecular weight is 367 g/mol. The van der Waals surface area contributed by atoms with Crippen LogP contribution in [0.5, 0.6) is 0 Å². The van der Waals surface area contributed by atoms with E-state index < -0.39 is 0 Å². The molecule has 8 heteroatoms. The molecule has 7 rings (SSSR count). The van der Waals surface area contributed by atoms with Gasteiger partial charge in [-0.2, -0.15) is 10.2 Å². The summed E-state index contributed by atoms with van der Waals surface area (Å²) in [7, 11) is 0. The third-order valence-corrected chi connectivity index (χ3v) is 7.22. The summed E-state index contributed by atoms with van der Waals surface area (Å²) in [4.78, 5) is 17.3. The maximum atomic E-state index is 13.1. The molecule has 0 spiro atoms. The van der Waals surface area contributed by atoms with Crippen molar-refractivity contribution < 1.29 is 4.79 Å². The Hall–Kier alpha value is -2.22. The van der Waals surface area contributed by atoms with Crippen molar-refractivity contribution in [2.75, 3.05) is 6.54 Å². The lowest BCUT2D eigenvalue weighted by Gasteiger charge is -2.61. The highest BCUT2D eigenvalue weighted by Gasteiger charge is 2.59. The van der Waals surface area contributed by atoms with Crippen molar-refractivity contribution in [3.63, 3.8) is 0 Å². The molecule has 2 aromatic rings. The summed E-state index contributed by atoms with van der Waals surface area (Å²) in [5.74, 6) is 1.30. The van der Waals surface area contributed by atoms with Crippen LogP contribution in [-0.2, 0) is 18.6 Å². The van der Waals surface area contributed by atoms with E-state index in [0.717, 1.165) is 57.4 Å².